The van der Waals surface area contributed by atoms with Gasteiger partial charge >= 0.3 is 7.76 Å². The van der Waals surface area contributed by atoms with E-state index in [1.807, 2.05) is 0 Å². The van der Waals surface area contributed by atoms with E-state index in [4.69, 9.17) is 0 Å². The fourth-order valence-corrected chi connectivity index (χ4v) is 1.58. The first kappa shape index (κ1) is 15.8. The Morgan fingerprint density at radius 1 is 1.21 bits per heavy atom. The first-order chi connectivity index (χ1) is 8.83. The third kappa shape index (κ3) is 4.43. The second kappa shape index (κ2) is 8.05. The monoisotopic (exact) mass is 440 g/mol. The molecule has 2 rings (SSSR count). The first-order valence-corrected chi connectivity index (χ1v) is 5.46. The molecule has 0 aliphatic rings. The molecule has 0 amide bonds. The topological polar surface area (TPSA) is 22.1 Å². The predicted octanol–water partition coefficient (Wildman–Crippen LogP) is 2.94. The van der Waals surface area contributed by atoms with E-state index in [0.29, 0.717) is 17.0 Å². The Balaban J connectivity index is 0.00000180. The zero-order valence-corrected chi connectivity index (χ0v) is 12.2. The average Bonchev–Trinajstić information content (AvgIpc) is 2.40. The van der Waals surface area contributed by atoms with Crippen LogP contribution >= 0.6 is 0 Å². The zero-order chi connectivity index (χ0) is 12.8. The molecule has 1 aromatic heterocycles. The van der Waals surface area contributed by atoms with E-state index in [-0.39, 0.29) is 41.0 Å². The van der Waals surface area contributed by atoms with Crippen molar-refractivity contribution in [3.8, 4) is 17.0 Å². The molecular weight excluding hydrogens is 430 g/mol. The number of benzene rings is 1. The summed E-state index contributed by atoms with van der Waals surface area (Å²) in [5.74, 6) is 0.271. The van der Waals surface area contributed by atoms with Gasteiger partial charge in [0.25, 0.3) is 0 Å². The number of rotatable bonds is 5. The van der Waals surface area contributed by atoms with Crippen LogP contribution in [0.25, 0.3) is 11.3 Å². The SMILES string of the molecule is F[B]Oc1[c-]c(-c2cccc(CCF)n2)ccc1.[Pt]. The summed E-state index contributed by atoms with van der Waals surface area (Å²) in [6.45, 7) is -0.444. The van der Waals surface area contributed by atoms with Crippen LogP contribution < -0.4 is 4.65 Å². The Bertz CT molecular complexity index is 480. The molecule has 0 unspecified atom stereocenters. The molecule has 0 bridgehead atoms. The normalized spacial score (nSPS) is 9.58. The van der Waals surface area contributed by atoms with Gasteiger partial charge in [-0.15, -0.1) is 23.8 Å². The Hall–Kier alpha value is -1.22. The van der Waals surface area contributed by atoms with Crippen LogP contribution in [0.15, 0.2) is 36.4 Å². The molecule has 1 radical (unpaired) electrons. The minimum atomic E-state index is -0.444. The molecule has 0 atom stereocenters. The van der Waals surface area contributed by atoms with Gasteiger partial charge in [0.1, 0.15) is 0 Å². The van der Waals surface area contributed by atoms with E-state index in [2.05, 4.69) is 15.7 Å². The zero-order valence-electron chi connectivity index (χ0n) is 9.88. The molecule has 0 saturated carbocycles. The van der Waals surface area contributed by atoms with Crippen molar-refractivity contribution in [2.45, 2.75) is 6.42 Å². The molecule has 1 aromatic carbocycles. The van der Waals surface area contributed by atoms with E-state index in [9.17, 15) is 8.71 Å². The van der Waals surface area contributed by atoms with Crippen molar-refractivity contribution < 1.29 is 34.4 Å². The van der Waals surface area contributed by atoms with E-state index in [1.165, 1.54) is 0 Å². The maximum absolute atomic E-state index is 12.3. The number of hydrogen-bond donors (Lipinski definition) is 0. The summed E-state index contributed by atoms with van der Waals surface area (Å²) in [6.07, 6.45) is 0.280. The maximum Gasteiger partial charge on any atom is 0.614 e. The summed E-state index contributed by atoms with van der Waals surface area (Å²) >= 11 is 0. The molecule has 0 fully saturated rings. The van der Waals surface area contributed by atoms with Gasteiger partial charge in [0.2, 0.25) is 0 Å². The fraction of sp³-hybridized carbons (Fsp3) is 0.154. The smallest absolute Gasteiger partial charge is 0.550 e. The van der Waals surface area contributed by atoms with Crippen LogP contribution in [0.4, 0.5) is 8.71 Å². The van der Waals surface area contributed by atoms with Crippen molar-refractivity contribution in [2.24, 2.45) is 0 Å². The number of aryl methyl sites for hydroxylation is 1. The van der Waals surface area contributed by atoms with Crippen molar-refractivity contribution in [1.82, 2.24) is 4.98 Å². The Morgan fingerprint density at radius 3 is 2.74 bits per heavy atom. The quantitative estimate of drug-likeness (QED) is 0.527. The van der Waals surface area contributed by atoms with Gasteiger partial charge in [-0.05, 0) is 11.8 Å². The molecule has 0 spiro atoms. The van der Waals surface area contributed by atoms with Crippen LogP contribution in [-0.2, 0) is 27.5 Å². The summed E-state index contributed by atoms with van der Waals surface area (Å²) in [5, 5.41) is 0. The van der Waals surface area contributed by atoms with Gasteiger partial charge in [-0.1, -0.05) is 18.2 Å². The van der Waals surface area contributed by atoms with E-state index in [1.54, 1.807) is 36.4 Å². The summed E-state index contributed by atoms with van der Waals surface area (Å²) < 4.78 is 28.8. The average molecular weight is 440 g/mol. The Kier molecular flexibility index (Phi) is 6.71. The van der Waals surface area contributed by atoms with Gasteiger partial charge < -0.3 is 9.64 Å². The minimum absolute atomic E-state index is 0. The molecule has 1 heterocycles. The summed E-state index contributed by atoms with van der Waals surface area (Å²) in [5.41, 5.74) is 2.01. The minimum Gasteiger partial charge on any atom is -0.550 e. The van der Waals surface area contributed by atoms with Crippen molar-refractivity contribution in [3.05, 3.63) is 48.2 Å². The Labute approximate surface area is 125 Å². The van der Waals surface area contributed by atoms with Crippen LogP contribution in [0.2, 0.25) is 0 Å². The van der Waals surface area contributed by atoms with Crippen LogP contribution in [0.1, 0.15) is 5.69 Å². The fourth-order valence-electron chi connectivity index (χ4n) is 1.58. The van der Waals surface area contributed by atoms with Gasteiger partial charge in [0.15, 0.2) is 0 Å². The van der Waals surface area contributed by atoms with Crippen molar-refractivity contribution >= 4 is 7.76 Å². The third-order valence-corrected chi connectivity index (χ3v) is 2.37. The number of hydrogen-bond acceptors (Lipinski definition) is 2. The first-order valence-electron chi connectivity index (χ1n) is 5.46. The van der Waals surface area contributed by atoms with Gasteiger partial charge in [0, 0.05) is 38.9 Å². The molecule has 19 heavy (non-hydrogen) atoms. The molecule has 101 valence electrons. The molecule has 0 N–H and O–H groups in total. The van der Waals surface area contributed by atoms with E-state index < -0.39 is 6.67 Å². The third-order valence-electron chi connectivity index (χ3n) is 2.37. The van der Waals surface area contributed by atoms with Gasteiger partial charge in [0.05, 0.1) is 6.67 Å². The Morgan fingerprint density at radius 2 is 2.00 bits per heavy atom. The standard InChI is InChI=1S/C13H10BF2NO.Pt/c15-8-7-11-4-2-6-13(17-11)10-3-1-5-12(9-10)18-14-16;/h1-6H,7-8H2;/q-1;. The molecular formula is C13H10BF2NOPt-. The molecule has 2 nitrogen and oxygen atoms in total. The molecule has 2 aromatic rings. The van der Waals surface area contributed by atoms with Crippen molar-refractivity contribution in [3.63, 3.8) is 0 Å². The van der Waals surface area contributed by atoms with Crippen LogP contribution in [0, 0.1) is 6.07 Å². The van der Waals surface area contributed by atoms with E-state index >= 15 is 0 Å². The molecule has 6 heteroatoms. The molecule has 0 aliphatic carbocycles. The second-order valence-electron chi connectivity index (χ2n) is 3.59. The van der Waals surface area contributed by atoms with Crippen LogP contribution in [-0.4, -0.2) is 19.4 Å². The summed E-state index contributed by atoms with van der Waals surface area (Å²) in [7, 11) is 0.0998. The second-order valence-corrected chi connectivity index (χ2v) is 3.59. The van der Waals surface area contributed by atoms with Gasteiger partial charge in [-0.2, -0.15) is 0 Å². The molecule has 0 saturated heterocycles. The van der Waals surface area contributed by atoms with Crippen molar-refractivity contribution in [2.75, 3.05) is 6.67 Å². The number of pyridine rings is 1. The number of halogens is 2. The number of nitrogens with zero attached hydrogens (tertiary/aromatic N) is 1. The maximum atomic E-state index is 12.3. The summed E-state index contributed by atoms with van der Waals surface area (Å²) in [4.78, 5) is 4.30. The predicted molar refractivity (Wildman–Crippen MR) is 65.7 cm³/mol. The number of alkyl halides is 1. The van der Waals surface area contributed by atoms with Crippen LogP contribution in [0.5, 0.6) is 5.75 Å². The summed E-state index contributed by atoms with van der Waals surface area (Å²) in [6, 6.07) is 13.3. The van der Waals surface area contributed by atoms with Gasteiger partial charge in [-0.3, -0.25) is 8.71 Å². The number of aromatic nitrogens is 1. The van der Waals surface area contributed by atoms with Crippen molar-refractivity contribution in [1.29, 1.82) is 0 Å². The van der Waals surface area contributed by atoms with Gasteiger partial charge in [-0.25, -0.2) is 0 Å². The largest absolute Gasteiger partial charge is 0.614 e. The van der Waals surface area contributed by atoms with E-state index in [0.717, 1.165) is 0 Å². The molecule has 0 aliphatic heterocycles. The van der Waals surface area contributed by atoms with Crippen LogP contribution in [0.3, 0.4) is 0 Å².